The van der Waals surface area contributed by atoms with Gasteiger partial charge in [-0.2, -0.15) is 0 Å². The number of nitrogens with one attached hydrogen (secondary N) is 1. The van der Waals surface area contributed by atoms with Crippen molar-refractivity contribution in [2.75, 3.05) is 12.4 Å². The van der Waals surface area contributed by atoms with Crippen molar-refractivity contribution in [3.8, 4) is 17.2 Å². The van der Waals surface area contributed by atoms with E-state index in [0.717, 1.165) is 11.5 Å². The topological polar surface area (TPSA) is 56.8 Å². The molecule has 0 aliphatic heterocycles. The van der Waals surface area contributed by atoms with Crippen molar-refractivity contribution in [2.24, 2.45) is 0 Å². The third-order valence-corrected chi connectivity index (χ3v) is 3.47. The molecule has 134 valence electrons. The Kier molecular flexibility index (Phi) is 6.69. The summed E-state index contributed by atoms with van der Waals surface area (Å²) < 4.78 is 16.6. The monoisotopic (exact) mass is 343 g/mol. The van der Waals surface area contributed by atoms with Gasteiger partial charge in [-0.1, -0.05) is 13.0 Å². The third kappa shape index (κ3) is 5.71. The van der Waals surface area contributed by atoms with Gasteiger partial charge < -0.3 is 19.5 Å². The van der Waals surface area contributed by atoms with Crippen LogP contribution in [0.1, 0.15) is 27.2 Å². The number of rotatable bonds is 8. The lowest BCUT2D eigenvalue weighted by atomic mass is 10.2. The fourth-order valence-electron chi connectivity index (χ4n) is 2.28. The summed E-state index contributed by atoms with van der Waals surface area (Å²) >= 11 is 0. The van der Waals surface area contributed by atoms with Gasteiger partial charge in [0.05, 0.1) is 13.2 Å². The second-order valence-electron chi connectivity index (χ2n) is 5.87. The molecule has 0 aromatic heterocycles. The summed E-state index contributed by atoms with van der Waals surface area (Å²) in [4.78, 5) is 12.5. The van der Waals surface area contributed by atoms with E-state index in [-0.39, 0.29) is 12.0 Å². The second-order valence-corrected chi connectivity index (χ2v) is 5.87. The zero-order chi connectivity index (χ0) is 18.2. The number of amides is 1. The molecule has 5 nitrogen and oxygen atoms in total. The van der Waals surface area contributed by atoms with E-state index in [0.29, 0.717) is 17.9 Å². The Hall–Kier alpha value is -2.69. The summed E-state index contributed by atoms with van der Waals surface area (Å²) in [7, 11) is 1.61. The molecule has 0 aliphatic carbocycles. The molecule has 0 fully saturated rings. The molecule has 0 saturated heterocycles. The zero-order valence-corrected chi connectivity index (χ0v) is 15.1. The number of methoxy groups -OCH3 is 1. The van der Waals surface area contributed by atoms with Crippen molar-refractivity contribution in [1.82, 2.24) is 0 Å². The molecule has 1 atom stereocenters. The second kappa shape index (κ2) is 8.97. The standard InChI is InChI=1S/C20H25NO4/c1-5-19(25-17-11-9-16(23-4)10-12-17)20(22)21-15-7-6-8-18(13-15)24-14(2)3/h6-14,19H,5H2,1-4H3,(H,21,22)/t19-/m1/s1. The van der Waals surface area contributed by atoms with E-state index in [1.165, 1.54) is 0 Å². The summed E-state index contributed by atoms with van der Waals surface area (Å²) in [6.45, 7) is 5.83. The van der Waals surface area contributed by atoms with E-state index in [1.807, 2.05) is 39.0 Å². The highest BCUT2D eigenvalue weighted by molar-refractivity contribution is 5.94. The smallest absolute Gasteiger partial charge is 0.265 e. The summed E-state index contributed by atoms with van der Waals surface area (Å²) in [5.74, 6) is 1.89. The predicted octanol–water partition coefficient (Wildman–Crippen LogP) is 4.28. The fraction of sp³-hybridized carbons (Fsp3) is 0.350. The first kappa shape index (κ1) is 18.6. The minimum Gasteiger partial charge on any atom is -0.497 e. The highest BCUT2D eigenvalue weighted by Crippen LogP contribution is 2.21. The van der Waals surface area contributed by atoms with Crippen LogP contribution >= 0.6 is 0 Å². The average Bonchev–Trinajstić information content (AvgIpc) is 2.59. The Morgan fingerprint density at radius 3 is 2.28 bits per heavy atom. The molecule has 0 saturated carbocycles. The van der Waals surface area contributed by atoms with E-state index in [9.17, 15) is 4.79 Å². The molecule has 1 N–H and O–H groups in total. The van der Waals surface area contributed by atoms with Crippen molar-refractivity contribution in [1.29, 1.82) is 0 Å². The molecular weight excluding hydrogens is 318 g/mol. The van der Waals surface area contributed by atoms with Gasteiger partial charge in [-0.15, -0.1) is 0 Å². The van der Waals surface area contributed by atoms with Gasteiger partial charge >= 0.3 is 0 Å². The van der Waals surface area contributed by atoms with Crippen molar-refractivity contribution >= 4 is 11.6 Å². The van der Waals surface area contributed by atoms with Gasteiger partial charge in [0.25, 0.3) is 5.91 Å². The quantitative estimate of drug-likeness (QED) is 0.777. The van der Waals surface area contributed by atoms with Crippen LogP contribution in [0.25, 0.3) is 0 Å². The molecule has 2 aromatic rings. The van der Waals surface area contributed by atoms with Gasteiger partial charge in [0.1, 0.15) is 17.2 Å². The number of hydrogen-bond donors (Lipinski definition) is 1. The summed E-state index contributed by atoms with van der Waals surface area (Å²) in [5.41, 5.74) is 0.680. The van der Waals surface area contributed by atoms with Crippen molar-refractivity contribution in [2.45, 2.75) is 39.4 Å². The molecule has 25 heavy (non-hydrogen) atoms. The van der Waals surface area contributed by atoms with Gasteiger partial charge in [-0.05, 0) is 56.7 Å². The molecule has 2 aromatic carbocycles. The molecular formula is C20H25NO4. The molecule has 0 radical (unpaired) electrons. The highest BCUT2D eigenvalue weighted by atomic mass is 16.5. The Morgan fingerprint density at radius 2 is 1.68 bits per heavy atom. The van der Waals surface area contributed by atoms with Crippen molar-refractivity contribution < 1.29 is 19.0 Å². The van der Waals surface area contributed by atoms with Crippen LogP contribution in [0.15, 0.2) is 48.5 Å². The van der Waals surface area contributed by atoms with E-state index < -0.39 is 6.10 Å². The van der Waals surface area contributed by atoms with E-state index in [2.05, 4.69) is 5.32 Å². The van der Waals surface area contributed by atoms with Gasteiger partial charge in [0.15, 0.2) is 6.10 Å². The van der Waals surface area contributed by atoms with Crippen LogP contribution in [0.2, 0.25) is 0 Å². The molecule has 2 rings (SSSR count). The number of hydrogen-bond acceptors (Lipinski definition) is 4. The van der Waals surface area contributed by atoms with Gasteiger partial charge in [-0.25, -0.2) is 0 Å². The largest absolute Gasteiger partial charge is 0.497 e. The maximum atomic E-state index is 12.5. The fourth-order valence-corrected chi connectivity index (χ4v) is 2.28. The van der Waals surface area contributed by atoms with Crippen LogP contribution in [0.3, 0.4) is 0 Å². The van der Waals surface area contributed by atoms with Crippen LogP contribution in [0.4, 0.5) is 5.69 Å². The zero-order valence-electron chi connectivity index (χ0n) is 15.1. The maximum Gasteiger partial charge on any atom is 0.265 e. The lowest BCUT2D eigenvalue weighted by molar-refractivity contribution is -0.122. The SMILES string of the molecule is CC[C@@H](Oc1ccc(OC)cc1)C(=O)Nc1cccc(OC(C)C)c1. The van der Waals surface area contributed by atoms with E-state index >= 15 is 0 Å². The Bertz CT molecular complexity index is 682. The van der Waals surface area contributed by atoms with Gasteiger partial charge in [0.2, 0.25) is 0 Å². The molecule has 0 heterocycles. The van der Waals surface area contributed by atoms with E-state index in [4.69, 9.17) is 14.2 Å². The predicted molar refractivity (Wildman–Crippen MR) is 98.5 cm³/mol. The first-order valence-corrected chi connectivity index (χ1v) is 8.40. The van der Waals surface area contributed by atoms with Crippen LogP contribution < -0.4 is 19.5 Å². The number of carbonyl (C=O) groups is 1. The Morgan fingerprint density at radius 1 is 1.00 bits per heavy atom. The lowest BCUT2D eigenvalue weighted by Gasteiger charge is -2.18. The molecule has 0 aliphatic rings. The number of benzene rings is 2. The average molecular weight is 343 g/mol. The minimum atomic E-state index is -0.580. The first-order valence-electron chi connectivity index (χ1n) is 8.40. The van der Waals surface area contributed by atoms with Crippen LogP contribution in [-0.2, 0) is 4.79 Å². The number of carbonyl (C=O) groups excluding carboxylic acids is 1. The van der Waals surface area contributed by atoms with Crippen molar-refractivity contribution in [3.05, 3.63) is 48.5 Å². The lowest BCUT2D eigenvalue weighted by Crippen LogP contribution is -2.32. The Balaban J connectivity index is 2.01. The Labute approximate surface area is 148 Å². The molecule has 5 heteroatoms. The minimum absolute atomic E-state index is 0.0766. The van der Waals surface area contributed by atoms with Gasteiger partial charge in [0, 0.05) is 11.8 Å². The molecule has 0 bridgehead atoms. The van der Waals surface area contributed by atoms with Crippen LogP contribution in [0, 0.1) is 0 Å². The molecule has 0 spiro atoms. The maximum absolute atomic E-state index is 12.5. The normalized spacial score (nSPS) is 11.7. The molecule has 0 unspecified atom stereocenters. The highest BCUT2D eigenvalue weighted by Gasteiger charge is 2.18. The van der Waals surface area contributed by atoms with Crippen LogP contribution in [-0.4, -0.2) is 25.2 Å². The number of ether oxygens (including phenoxy) is 3. The van der Waals surface area contributed by atoms with Crippen LogP contribution in [0.5, 0.6) is 17.2 Å². The first-order chi connectivity index (χ1) is 12.0. The van der Waals surface area contributed by atoms with Crippen molar-refractivity contribution in [3.63, 3.8) is 0 Å². The summed E-state index contributed by atoms with van der Waals surface area (Å²) in [6, 6.07) is 14.5. The number of anilines is 1. The summed E-state index contributed by atoms with van der Waals surface area (Å²) in [6.07, 6.45) is 0.0517. The van der Waals surface area contributed by atoms with E-state index in [1.54, 1.807) is 37.4 Å². The van der Waals surface area contributed by atoms with Gasteiger partial charge in [-0.3, -0.25) is 4.79 Å². The summed E-state index contributed by atoms with van der Waals surface area (Å²) in [5, 5.41) is 2.88. The third-order valence-electron chi connectivity index (χ3n) is 3.47. The molecule has 1 amide bonds.